The average Bonchev–Trinajstić information content (AvgIpc) is 2.67. The van der Waals surface area contributed by atoms with E-state index in [0.29, 0.717) is 24.6 Å². The van der Waals surface area contributed by atoms with Crippen LogP contribution in [0.4, 0.5) is 11.5 Å². The minimum atomic E-state index is -0.0757. The largest absolute Gasteiger partial charge is 0.495 e. The first-order valence-electron chi connectivity index (χ1n) is 8.86. The zero-order valence-corrected chi connectivity index (χ0v) is 15.5. The van der Waals surface area contributed by atoms with E-state index in [1.165, 1.54) is 0 Å². The SMILES string of the molecule is COc1ccccc1N1CCN(C(=O)c2ccc(NC(C)C)nn2)CC1. The summed E-state index contributed by atoms with van der Waals surface area (Å²) < 4.78 is 5.43. The van der Waals surface area contributed by atoms with Gasteiger partial charge in [-0.15, -0.1) is 10.2 Å². The van der Waals surface area contributed by atoms with Gasteiger partial charge in [-0.1, -0.05) is 12.1 Å². The van der Waals surface area contributed by atoms with Gasteiger partial charge in [0.2, 0.25) is 0 Å². The highest BCUT2D eigenvalue weighted by Gasteiger charge is 2.24. The number of carbonyl (C=O) groups is 1. The Morgan fingerprint density at radius 1 is 1.08 bits per heavy atom. The summed E-state index contributed by atoms with van der Waals surface area (Å²) in [5.74, 6) is 1.46. The molecule has 26 heavy (non-hydrogen) atoms. The summed E-state index contributed by atoms with van der Waals surface area (Å²) in [5.41, 5.74) is 1.44. The summed E-state index contributed by atoms with van der Waals surface area (Å²) in [5, 5.41) is 11.3. The average molecular weight is 355 g/mol. The zero-order chi connectivity index (χ0) is 18.5. The standard InChI is InChI=1S/C19H25N5O2/c1-14(2)20-18-9-8-15(21-22-18)19(25)24-12-10-23(11-13-24)16-6-4-5-7-17(16)26-3/h4-9,14H,10-13H2,1-3H3,(H,20,22). The quantitative estimate of drug-likeness (QED) is 0.887. The maximum Gasteiger partial charge on any atom is 0.274 e. The Kier molecular flexibility index (Phi) is 5.55. The highest BCUT2D eigenvalue weighted by molar-refractivity contribution is 5.92. The number of hydrogen-bond acceptors (Lipinski definition) is 6. The lowest BCUT2D eigenvalue weighted by Gasteiger charge is -2.36. The molecule has 0 unspecified atom stereocenters. The van der Waals surface area contributed by atoms with E-state index in [1.54, 1.807) is 19.2 Å². The van der Waals surface area contributed by atoms with Crippen molar-refractivity contribution in [2.75, 3.05) is 43.5 Å². The van der Waals surface area contributed by atoms with E-state index in [1.807, 2.05) is 43.0 Å². The normalized spacial score (nSPS) is 14.5. The summed E-state index contributed by atoms with van der Waals surface area (Å²) in [6.07, 6.45) is 0. The van der Waals surface area contributed by atoms with E-state index < -0.39 is 0 Å². The molecular weight excluding hydrogens is 330 g/mol. The van der Waals surface area contributed by atoms with Gasteiger partial charge in [-0.2, -0.15) is 0 Å². The number of piperazine rings is 1. The van der Waals surface area contributed by atoms with E-state index >= 15 is 0 Å². The third kappa shape index (κ3) is 4.04. The molecule has 1 aromatic carbocycles. The summed E-state index contributed by atoms with van der Waals surface area (Å²) in [4.78, 5) is 16.7. The minimum absolute atomic E-state index is 0.0757. The number of carbonyl (C=O) groups excluding carboxylic acids is 1. The van der Waals surface area contributed by atoms with Crippen LogP contribution in [0.3, 0.4) is 0 Å². The molecule has 3 rings (SSSR count). The molecule has 2 aromatic rings. The number of aromatic nitrogens is 2. The monoisotopic (exact) mass is 355 g/mol. The third-order valence-electron chi connectivity index (χ3n) is 4.31. The van der Waals surface area contributed by atoms with Crippen LogP contribution in [0.15, 0.2) is 36.4 Å². The number of nitrogens with zero attached hydrogens (tertiary/aromatic N) is 4. The Hall–Kier alpha value is -2.83. The fraction of sp³-hybridized carbons (Fsp3) is 0.421. The number of amides is 1. The Morgan fingerprint density at radius 2 is 1.81 bits per heavy atom. The van der Waals surface area contributed by atoms with Gasteiger partial charge in [-0.3, -0.25) is 4.79 Å². The van der Waals surface area contributed by atoms with Crippen LogP contribution in [0.25, 0.3) is 0 Å². The van der Waals surface area contributed by atoms with Gasteiger partial charge < -0.3 is 19.9 Å². The zero-order valence-electron chi connectivity index (χ0n) is 15.5. The van der Waals surface area contributed by atoms with Crippen LogP contribution in [0.1, 0.15) is 24.3 Å². The fourth-order valence-corrected chi connectivity index (χ4v) is 3.02. The first-order valence-corrected chi connectivity index (χ1v) is 8.86. The molecule has 0 aliphatic carbocycles. The van der Waals surface area contributed by atoms with Crippen molar-refractivity contribution < 1.29 is 9.53 Å². The number of methoxy groups -OCH3 is 1. The van der Waals surface area contributed by atoms with Crippen LogP contribution in [0, 0.1) is 0 Å². The van der Waals surface area contributed by atoms with Crippen molar-refractivity contribution in [3.05, 3.63) is 42.1 Å². The van der Waals surface area contributed by atoms with Crippen LogP contribution in [-0.2, 0) is 0 Å². The number of nitrogens with one attached hydrogen (secondary N) is 1. The third-order valence-corrected chi connectivity index (χ3v) is 4.31. The number of anilines is 2. The molecule has 2 heterocycles. The van der Waals surface area contributed by atoms with Crippen LogP contribution >= 0.6 is 0 Å². The minimum Gasteiger partial charge on any atom is -0.495 e. The lowest BCUT2D eigenvalue weighted by molar-refractivity contribution is 0.0739. The molecule has 1 aliphatic rings. The fourth-order valence-electron chi connectivity index (χ4n) is 3.02. The lowest BCUT2D eigenvalue weighted by Crippen LogP contribution is -2.49. The molecule has 1 N–H and O–H groups in total. The molecule has 0 atom stereocenters. The molecule has 1 fully saturated rings. The molecular formula is C19H25N5O2. The van der Waals surface area contributed by atoms with E-state index in [-0.39, 0.29) is 11.9 Å². The van der Waals surface area contributed by atoms with E-state index in [0.717, 1.165) is 24.5 Å². The maximum absolute atomic E-state index is 12.7. The molecule has 1 aliphatic heterocycles. The van der Waals surface area contributed by atoms with Crippen LogP contribution in [0.2, 0.25) is 0 Å². The molecule has 7 nitrogen and oxygen atoms in total. The van der Waals surface area contributed by atoms with Crippen molar-refractivity contribution in [3.8, 4) is 5.75 Å². The van der Waals surface area contributed by atoms with Gasteiger partial charge in [0.05, 0.1) is 12.8 Å². The van der Waals surface area contributed by atoms with Crippen LogP contribution in [0.5, 0.6) is 5.75 Å². The van der Waals surface area contributed by atoms with Gasteiger partial charge in [0, 0.05) is 32.2 Å². The summed E-state index contributed by atoms with van der Waals surface area (Å²) in [6, 6.07) is 11.8. The summed E-state index contributed by atoms with van der Waals surface area (Å²) in [7, 11) is 1.68. The Labute approximate surface area is 154 Å². The van der Waals surface area contributed by atoms with Gasteiger partial charge in [0.15, 0.2) is 5.69 Å². The number of benzene rings is 1. The molecule has 138 valence electrons. The van der Waals surface area contributed by atoms with Crippen LogP contribution < -0.4 is 15.0 Å². The molecule has 1 aromatic heterocycles. The second-order valence-electron chi connectivity index (χ2n) is 6.55. The first-order chi connectivity index (χ1) is 12.6. The summed E-state index contributed by atoms with van der Waals surface area (Å²) in [6.45, 7) is 6.86. The van der Waals surface area contributed by atoms with Gasteiger partial charge in [0.1, 0.15) is 11.6 Å². The molecule has 0 bridgehead atoms. The number of para-hydroxylation sites is 2. The predicted molar refractivity (Wildman–Crippen MR) is 102 cm³/mol. The van der Waals surface area contributed by atoms with Crippen molar-refractivity contribution >= 4 is 17.4 Å². The topological polar surface area (TPSA) is 70.6 Å². The van der Waals surface area contributed by atoms with Crippen molar-refractivity contribution in [3.63, 3.8) is 0 Å². The molecule has 0 spiro atoms. The van der Waals surface area contributed by atoms with E-state index in [2.05, 4.69) is 20.4 Å². The molecule has 0 radical (unpaired) electrons. The first kappa shape index (κ1) is 18.0. The lowest BCUT2D eigenvalue weighted by atomic mass is 10.2. The number of hydrogen-bond donors (Lipinski definition) is 1. The van der Waals surface area contributed by atoms with E-state index in [4.69, 9.17) is 4.74 Å². The predicted octanol–water partition coefficient (Wildman–Crippen LogP) is 2.27. The summed E-state index contributed by atoms with van der Waals surface area (Å²) >= 11 is 0. The van der Waals surface area contributed by atoms with Crippen LogP contribution in [-0.4, -0.2) is 60.3 Å². The second kappa shape index (κ2) is 8.03. The Morgan fingerprint density at radius 3 is 2.42 bits per heavy atom. The van der Waals surface area contributed by atoms with Crippen molar-refractivity contribution in [1.29, 1.82) is 0 Å². The van der Waals surface area contributed by atoms with Crippen molar-refractivity contribution in [2.45, 2.75) is 19.9 Å². The van der Waals surface area contributed by atoms with Crippen molar-refractivity contribution in [2.24, 2.45) is 0 Å². The Balaban J connectivity index is 1.61. The second-order valence-corrected chi connectivity index (χ2v) is 6.55. The van der Waals surface area contributed by atoms with Crippen molar-refractivity contribution in [1.82, 2.24) is 15.1 Å². The number of rotatable bonds is 5. The molecule has 0 saturated carbocycles. The van der Waals surface area contributed by atoms with Gasteiger partial charge >= 0.3 is 0 Å². The number of ether oxygens (including phenoxy) is 1. The molecule has 7 heteroatoms. The van der Waals surface area contributed by atoms with Gasteiger partial charge in [-0.05, 0) is 38.1 Å². The van der Waals surface area contributed by atoms with Gasteiger partial charge in [0.25, 0.3) is 5.91 Å². The van der Waals surface area contributed by atoms with Gasteiger partial charge in [-0.25, -0.2) is 0 Å². The highest BCUT2D eigenvalue weighted by atomic mass is 16.5. The smallest absolute Gasteiger partial charge is 0.274 e. The van der Waals surface area contributed by atoms with E-state index in [9.17, 15) is 4.79 Å². The molecule has 1 saturated heterocycles. The molecule has 1 amide bonds. The maximum atomic E-state index is 12.7. The highest BCUT2D eigenvalue weighted by Crippen LogP contribution is 2.28. The Bertz CT molecular complexity index is 740.